The molecule has 4 nitrogen and oxygen atoms in total. The van der Waals surface area contributed by atoms with Gasteiger partial charge in [-0.25, -0.2) is 0 Å². The largest absolute Gasteiger partial charge is 0.394 e. The average molecular weight is 905 g/mol. The lowest BCUT2D eigenvalue weighted by Gasteiger charge is -2.19. The van der Waals surface area contributed by atoms with Crippen LogP contribution in [0.4, 0.5) is 0 Å². The van der Waals surface area contributed by atoms with Gasteiger partial charge in [0.1, 0.15) is 0 Å². The minimum Gasteiger partial charge on any atom is -0.394 e. The number of rotatable bonds is 51. The molecule has 65 heavy (non-hydrogen) atoms. The molecule has 0 aliphatic carbocycles. The Morgan fingerprint density at radius 1 is 0.385 bits per heavy atom. The molecule has 3 N–H and O–H groups in total. The normalized spacial score (nSPS) is 13.5. The van der Waals surface area contributed by atoms with Crippen molar-refractivity contribution >= 4 is 5.91 Å². The highest BCUT2D eigenvalue weighted by molar-refractivity contribution is 5.76. The van der Waals surface area contributed by atoms with Gasteiger partial charge in [-0.3, -0.25) is 4.79 Å². The van der Waals surface area contributed by atoms with E-state index in [9.17, 15) is 15.0 Å². The lowest BCUT2D eigenvalue weighted by molar-refractivity contribution is -0.123. The summed E-state index contributed by atoms with van der Waals surface area (Å²) in [5.41, 5.74) is 0. The van der Waals surface area contributed by atoms with Crippen LogP contribution in [0.25, 0.3) is 0 Å². The van der Waals surface area contributed by atoms with Crippen LogP contribution in [0, 0.1) is 0 Å². The third-order valence-electron chi connectivity index (χ3n) is 12.6. The van der Waals surface area contributed by atoms with Gasteiger partial charge in [-0.05, 0) is 77.0 Å². The number of allylic oxidation sites excluding steroid dienone is 13. The Labute approximate surface area is 405 Å². The van der Waals surface area contributed by atoms with Crippen LogP contribution in [0.15, 0.2) is 85.1 Å². The Hall–Kier alpha value is -2.43. The van der Waals surface area contributed by atoms with E-state index in [2.05, 4.69) is 92.1 Å². The topological polar surface area (TPSA) is 69.6 Å². The molecule has 0 fully saturated rings. The van der Waals surface area contributed by atoms with E-state index in [4.69, 9.17) is 0 Å². The fourth-order valence-electron chi connectivity index (χ4n) is 8.34. The van der Waals surface area contributed by atoms with Crippen LogP contribution < -0.4 is 5.32 Å². The number of nitrogens with one attached hydrogen (secondary N) is 1. The van der Waals surface area contributed by atoms with E-state index in [1.54, 1.807) is 6.08 Å². The van der Waals surface area contributed by atoms with Gasteiger partial charge in [0.15, 0.2) is 0 Å². The molecule has 1 amide bonds. The van der Waals surface area contributed by atoms with Crippen LogP contribution in [0.3, 0.4) is 0 Å². The molecule has 0 spiro atoms. The van der Waals surface area contributed by atoms with Crippen molar-refractivity contribution in [3.63, 3.8) is 0 Å². The first-order valence-electron chi connectivity index (χ1n) is 28.3. The Balaban J connectivity index is 3.44. The molecule has 0 aromatic carbocycles. The van der Waals surface area contributed by atoms with E-state index < -0.39 is 12.1 Å². The summed E-state index contributed by atoms with van der Waals surface area (Å²) in [5.74, 6) is -0.0723. The van der Waals surface area contributed by atoms with Crippen molar-refractivity contribution in [2.24, 2.45) is 0 Å². The monoisotopic (exact) mass is 904 g/mol. The molecule has 0 heterocycles. The molecule has 4 heteroatoms. The number of hydrogen-bond acceptors (Lipinski definition) is 3. The summed E-state index contributed by atoms with van der Waals surface area (Å²) in [4.78, 5) is 12.4. The van der Waals surface area contributed by atoms with E-state index >= 15 is 0 Å². The third kappa shape index (κ3) is 52.4. The zero-order valence-corrected chi connectivity index (χ0v) is 43.2. The smallest absolute Gasteiger partial charge is 0.220 e. The Kier molecular flexibility index (Phi) is 53.8. The third-order valence-corrected chi connectivity index (χ3v) is 12.6. The van der Waals surface area contributed by atoms with Gasteiger partial charge in [-0.15, -0.1) is 0 Å². The van der Waals surface area contributed by atoms with Crippen LogP contribution in [-0.2, 0) is 4.79 Å². The van der Waals surface area contributed by atoms with E-state index in [1.807, 2.05) is 6.08 Å². The zero-order chi connectivity index (χ0) is 47.0. The Bertz CT molecular complexity index is 1160. The minimum atomic E-state index is -0.862. The molecule has 0 saturated heterocycles. The summed E-state index contributed by atoms with van der Waals surface area (Å²) in [5, 5.41) is 23.1. The molecule has 0 saturated carbocycles. The lowest BCUT2D eigenvalue weighted by Crippen LogP contribution is -2.45. The van der Waals surface area contributed by atoms with E-state index in [1.165, 1.54) is 193 Å². The van der Waals surface area contributed by atoms with E-state index in [0.717, 1.165) is 64.2 Å². The highest BCUT2D eigenvalue weighted by Gasteiger charge is 2.18. The van der Waals surface area contributed by atoms with Crippen LogP contribution in [0.2, 0.25) is 0 Å². The molecule has 376 valence electrons. The standard InChI is InChI=1S/C61H109NO3/c1-3-5-7-9-11-13-15-17-19-20-21-22-23-24-25-26-27-28-29-30-31-32-33-34-35-36-37-38-39-40-41-42-43-45-47-49-51-53-55-57-61(65)62-59(58-63)60(64)56-54-52-50-48-46-44-18-16-14-12-10-8-6-4-2/h5,7,11,13,17,19,21-22,24-25,46,48,54,56,59-60,63-64H,3-4,6,8-10,12,14-16,18,20,23,26-45,47,49-53,55,57-58H2,1-2H3,(H,62,65)/b7-5-,13-11-,19-17-,22-21-,25-24-,48-46+,56-54+. The summed E-state index contributed by atoms with van der Waals surface area (Å²) < 4.78 is 0. The molecule has 2 atom stereocenters. The minimum absolute atomic E-state index is 0.0723. The molecule has 0 rings (SSSR count). The van der Waals surface area contributed by atoms with Crippen LogP contribution in [-0.4, -0.2) is 34.9 Å². The van der Waals surface area contributed by atoms with Gasteiger partial charge < -0.3 is 15.5 Å². The van der Waals surface area contributed by atoms with Crippen LogP contribution >= 0.6 is 0 Å². The number of carbonyl (C=O) groups excluding carboxylic acids is 1. The first-order chi connectivity index (χ1) is 32.2. The van der Waals surface area contributed by atoms with Gasteiger partial charge in [-0.2, -0.15) is 0 Å². The predicted octanol–water partition coefficient (Wildman–Crippen LogP) is 18.8. The summed E-state index contributed by atoms with van der Waals surface area (Å²) in [6, 6.07) is -0.639. The zero-order valence-electron chi connectivity index (χ0n) is 43.2. The summed E-state index contributed by atoms with van der Waals surface area (Å²) in [7, 11) is 0. The number of aliphatic hydroxyl groups is 2. The first-order valence-corrected chi connectivity index (χ1v) is 28.3. The first kappa shape index (κ1) is 62.6. The van der Waals surface area contributed by atoms with E-state index in [0.29, 0.717) is 6.42 Å². The molecule has 0 aromatic rings. The number of amides is 1. The fourth-order valence-corrected chi connectivity index (χ4v) is 8.34. The Morgan fingerprint density at radius 3 is 1.08 bits per heavy atom. The molecule has 0 radical (unpaired) electrons. The number of hydrogen-bond donors (Lipinski definition) is 3. The lowest BCUT2D eigenvalue weighted by atomic mass is 10.0. The molecule has 2 unspecified atom stereocenters. The average Bonchev–Trinajstić information content (AvgIpc) is 3.31. The quantitative estimate of drug-likeness (QED) is 0.0421. The predicted molar refractivity (Wildman–Crippen MR) is 290 cm³/mol. The van der Waals surface area contributed by atoms with Gasteiger partial charge in [0.25, 0.3) is 0 Å². The maximum Gasteiger partial charge on any atom is 0.220 e. The molecule has 0 aliphatic heterocycles. The van der Waals surface area contributed by atoms with Gasteiger partial charge in [0.2, 0.25) is 5.91 Å². The second-order valence-corrected chi connectivity index (χ2v) is 19.0. The van der Waals surface area contributed by atoms with Crippen LogP contribution in [0.1, 0.15) is 277 Å². The van der Waals surface area contributed by atoms with Gasteiger partial charge in [0, 0.05) is 6.42 Å². The highest BCUT2D eigenvalue weighted by Crippen LogP contribution is 2.17. The van der Waals surface area contributed by atoms with Crippen molar-refractivity contribution in [1.82, 2.24) is 5.32 Å². The molecular formula is C61H109NO3. The summed E-state index contributed by atoms with van der Waals surface area (Å²) in [6.45, 7) is 4.18. The van der Waals surface area contributed by atoms with E-state index in [-0.39, 0.29) is 12.5 Å². The molecule has 0 aliphatic rings. The molecule has 0 aromatic heterocycles. The fraction of sp³-hybridized carbons (Fsp3) is 0.754. The van der Waals surface area contributed by atoms with Crippen molar-refractivity contribution in [3.8, 4) is 0 Å². The second-order valence-electron chi connectivity index (χ2n) is 19.0. The van der Waals surface area contributed by atoms with Gasteiger partial charge in [-0.1, -0.05) is 279 Å². The molecule has 0 bridgehead atoms. The van der Waals surface area contributed by atoms with Gasteiger partial charge in [0.05, 0.1) is 18.8 Å². The van der Waals surface area contributed by atoms with Crippen molar-refractivity contribution in [1.29, 1.82) is 0 Å². The molecular weight excluding hydrogens is 795 g/mol. The summed E-state index contributed by atoms with van der Waals surface area (Å²) in [6.07, 6.45) is 81.9. The maximum absolute atomic E-state index is 12.4. The SMILES string of the molecule is CC/C=C\C/C=C\C/C=C\C/C=C\C/C=C\CCCCCCCCCCCCCCCCCCCCCCCCCC(=O)NC(CO)C(O)/C=C/CC/C=C/CCCCCCCCCC. The van der Waals surface area contributed by atoms with Crippen molar-refractivity contribution in [2.45, 2.75) is 289 Å². The van der Waals surface area contributed by atoms with Crippen molar-refractivity contribution in [2.75, 3.05) is 6.61 Å². The second kappa shape index (κ2) is 55.9. The van der Waals surface area contributed by atoms with Crippen molar-refractivity contribution in [3.05, 3.63) is 85.1 Å². The van der Waals surface area contributed by atoms with Crippen molar-refractivity contribution < 1.29 is 15.0 Å². The number of aliphatic hydroxyl groups excluding tert-OH is 2. The van der Waals surface area contributed by atoms with Gasteiger partial charge >= 0.3 is 0 Å². The highest BCUT2D eigenvalue weighted by atomic mass is 16.3. The number of carbonyl (C=O) groups is 1. The summed E-state index contributed by atoms with van der Waals surface area (Å²) >= 11 is 0. The maximum atomic E-state index is 12.4. The Morgan fingerprint density at radius 2 is 0.692 bits per heavy atom. The van der Waals surface area contributed by atoms with Crippen LogP contribution in [0.5, 0.6) is 0 Å². The number of unbranched alkanes of at least 4 members (excludes halogenated alkanes) is 32.